The average molecular weight is 168 g/mol. The van der Waals surface area contributed by atoms with Crippen molar-refractivity contribution in [3.05, 3.63) is 11.4 Å². The van der Waals surface area contributed by atoms with Gasteiger partial charge in [-0.3, -0.25) is 4.79 Å². The van der Waals surface area contributed by atoms with Crippen LogP contribution in [0, 0.1) is 5.92 Å². The first-order chi connectivity index (χ1) is 5.79. The van der Waals surface area contributed by atoms with Gasteiger partial charge in [-0.25, -0.2) is 0 Å². The van der Waals surface area contributed by atoms with E-state index < -0.39 is 5.97 Å². The Labute approximate surface area is 70.6 Å². The number of rotatable bonds is 1. The molecule has 1 aliphatic heterocycles. The van der Waals surface area contributed by atoms with Gasteiger partial charge < -0.3 is 15.7 Å². The fourth-order valence-corrected chi connectivity index (χ4v) is 1.88. The summed E-state index contributed by atoms with van der Waals surface area (Å²) in [6, 6.07) is 0. The zero-order valence-electron chi connectivity index (χ0n) is 6.76. The maximum atomic E-state index is 10.8. The topological polar surface area (TPSA) is 61.4 Å². The van der Waals surface area contributed by atoms with E-state index >= 15 is 0 Å². The van der Waals surface area contributed by atoms with Crippen molar-refractivity contribution < 1.29 is 9.90 Å². The lowest BCUT2D eigenvalue weighted by Gasteiger charge is -2.19. The van der Waals surface area contributed by atoms with E-state index in [0.717, 1.165) is 30.7 Å². The maximum Gasteiger partial charge on any atom is 0.312 e. The standard InChI is InChI=1S/C8H12N2O2/c11-8(12)5-2-1-3-6-7(5)10-4-9-6/h5,9-10H,1-4H2,(H,11,12)/t5-/m1/s1. The Morgan fingerprint density at radius 1 is 1.50 bits per heavy atom. The van der Waals surface area contributed by atoms with E-state index in [9.17, 15) is 4.79 Å². The molecule has 0 aromatic carbocycles. The van der Waals surface area contributed by atoms with Gasteiger partial charge in [-0.1, -0.05) is 0 Å². The van der Waals surface area contributed by atoms with Crippen LogP contribution >= 0.6 is 0 Å². The number of hydrogen-bond acceptors (Lipinski definition) is 3. The molecule has 0 fully saturated rings. The van der Waals surface area contributed by atoms with E-state index in [0.29, 0.717) is 6.67 Å². The molecular weight excluding hydrogens is 156 g/mol. The molecule has 0 aromatic heterocycles. The summed E-state index contributed by atoms with van der Waals surface area (Å²) in [7, 11) is 0. The quantitative estimate of drug-likeness (QED) is 0.524. The fraction of sp³-hybridized carbons (Fsp3) is 0.625. The summed E-state index contributed by atoms with van der Waals surface area (Å²) in [5, 5.41) is 15.1. The van der Waals surface area contributed by atoms with Crippen LogP contribution in [0.25, 0.3) is 0 Å². The van der Waals surface area contributed by atoms with Gasteiger partial charge in [0.2, 0.25) is 0 Å². The molecule has 3 N–H and O–H groups in total. The predicted molar refractivity (Wildman–Crippen MR) is 43.1 cm³/mol. The van der Waals surface area contributed by atoms with Crippen molar-refractivity contribution in [3.8, 4) is 0 Å². The highest BCUT2D eigenvalue weighted by molar-refractivity contribution is 5.74. The molecule has 0 unspecified atom stereocenters. The zero-order chi connectivity index (χ0) is 8.55. The molecule has 0 bridgehead atoms. The molecular formula is C8H12N2O2. The van der Waals surface area contributed by atoms with Crippen molar-refractivity contribution in [2.45, 2.75) is 19.3 Å². The lowest BCUT2D eigenvalue weighted by molar-refractivity contribution is -0.140. The van der Waals surface area contributed by atoms with E-state index in [1.54, 1.807) is 0 Å². The molecule has 0 amide bonds. The Kier molecular flexibility index (Phi) is 1.67. The highest BCUT2D eigenvalue weighted by Gasteiger charge is 2.30. The number of carboxylic acid groups (broad SMARTS) is 1. The Balaban J connectivity index is 2.24. The van der Waals surface area contributed by atoms with Gasteiger partial charge in [0.1, 0.15) is 0 Å². The minimum absolute atomic E-state index is 0.302. The smallest absolute Gasteiger partial charge is 0.312 e. The van der Waals surface area contributed by atoms with Crippen molar-refractivity contribution in [2.75, 3.05) is 6.67 Å². The minimum atomic E-state index is -0.710. The molecule has 0 radical (unpaired) electrons. The number of aliphatic carboxylic acids is 1. The van der Waals surface area contributed by atoms with Gasteiger partial charge in [0.25, 0.3) is 0 Å². The van der Waals surface area contributed by atoms with Gasteiger partial charge in [0, 0.05) is 11.4 Å². The highest BCUT2D eigenvalue weighted by Crippen LogP contribution is 2.29. The van der Waals surface area contributed by atoms with Crippen LogP contribution in [-0.2, 0) is 4.79 Å². The second-order valence-electron chi connectivity index (χ2n) is 3.21. The second kappa shape index (κ2) is 2.69. The SMILES string of the molecule is O=C(O)[C@@H]1CCCC2=C1NCN2. The number of carboxylic acids is 1. The molecule has 4 nitrogen and oxygen atoms in total. The Bertz CT molecular complexity index is 247. The third kappa shape index (κ3) is 1.03. The first kappa shape index (κ1) is 7.46. The fourth-order valence-electron chi connectivity index (χ4n) is 1.88. The Morgan fingerprint density at radius 2 is 2.33 bits per heavy atom. The summed E-state index contributed by atoms with van der Waals surface area (Å²) < 4.78 is 0. The van der Waals surface area contributed by atoms with Crippen LogP contribution in [0.15, 0.2) is 11.4 Å². The van der Waals surface area contributed by atoms with Crippen molar-refractivity contribution >= 4 is 5.97 Å². The van der Waals surface area contributed by atoms with Crippen LogP contribution in [0.3, 0.4) is 0 Å². The van der Waals surface area contributed by atoms with Crippen LogP contribution in [0.2, 0.25) is 0 Å². The van der Waals surface area contributed by atoms with Gasteiger partial charge in [-0.2, -0.15) is 0 Å². The van der Waals surface area contributed by atoms with Crippen molar-refractivity contribution in [2.24, 2.45) is 5.92 Å². The Hall–Kier alpha value is -1.19. The van der Waals surface area contributed by atoms with Gasteiger partial charge in [0.05, 0.1) is 12.6 Å². The molecule has 1 heterocycles. The van der Waals surface area contributed by atoms with Crippen LogP contribution in [-0.4, -0.2) is 17.7 Å². The molecule has 12 heavy (non-hydrogen) atoms. The van der Waals surface area contributed by atoms with E-state index in [4.69, 9.17) is 5.11 Å². The van der Waals surface area contributed by atoms with Crippen molar-refractivity contribution in [1.82, 2.24) is 10.6 Å². The number of hydrogen-bond donors (Lipinski definition) is 3. The van der Waals surface area contributed by atoms with Crippen LogP contribution in [0.1, 0.15) is 19.3 Å². The monoisotopic (exact) mass is 168 g/mol. The summed E-state index contributed by atoms with van der Waals surface area (Å²) in [6.45, 7) is 0.689. The van der Waals surface area contributed by atoms with Crippen molar-refractivity contribution in [1.29, 1.82) is 0 Å². The average Bonchev–Trinajstić information content (AvgIpc) is 2.49. The summed E-state index contributed by atoms with van der Waals surface area (Å²) in [6.07, 6.45) is 2.74. The lowest BCUT2D eigenvalue weighted by atomic mass is 9.91. The summed E-state index contributed by atoms with van der Waals surface area (Å²) in [4.78, 5) is 10.8. The molecule has 2 aliphatic rings. The molecule has 0 aromatic rings. The third-order valence-corrected chi connectivity index (χ3v) is 2.47. The van der Waals surface area contributed by atoms with Gasteiger partial charge in [-0.05, 0) is 19.3 Å². The molecule has 0 saturated heterocycles. The van der Waals surface area contributed by atoms with Crippen molar-refractivity contribution in [3.63, 3.8) is 0 Å². The summed E-state index contributed by atoms with van der Waals surface area (Å²) in [5.41, 5.74) is 2.02. The van der Waals surface area contributed by atoms with E-state index in [2.05, 4.69) is 10.6 Å². The predicted octanol–water partition coefficient (Wildman–Crippen LogP) is 0.233. The first-order valence-corrected chi connectivity index (χ1v) is 4.22. The largest absolute Gasteiger partial charge is 0.481 e. The van der Waals surface area contributed by atoms with Crippen LogP contribution in [0.4, 0.5) is 0 Å². The van der Waals surface area contributed by atoms with Gasteiger partial charge in [-0.15, -0.1) is 0 Å². The first-order valence-electron chi connectivity index (χ1n) is 4.22. The molecule has 66 valence electrons. The zero-order valence-corrected chi connectivity index (χ0v) is 6.76. The number of nitrogens with one attached hydrogen (secondary N) is 2. The Morgan fingerprint density at radius 3 is 3.08 bits per heavy atom. The minimum Gasteiger partial charge on any atom is -0.481 e. The van der Waals surface area contributed by atoms with Crippen LogP contribution in [0.5, 0.6) is 0 Å². The lowest BCUT2D eigenvalue weighted by Crippen LogP contribution is -2.25. The van der Waals surface area contributed by atoms with Crippen LogP contribution < -0.4 is 10.6 Å². The molecule has 1 aliphatic carbocycles. The second-order valence-corrected chi connectivity index (χ2v) is 3.21. The van der Waals surface area contributed by atoms with E-state index in [1.165, 1.54) is 0 Å². The van der Waals surface area contributed by atoms with Gasteiger partial charge >= 0.3 is 5.97 Å². The molecule has 0 saturated carbocycles. The summed E-state index contributed by atoms with van der Waals surface area (Å²) >= 11 is 0. The normalized spacial score (nSPS) is 27.5. The molecule has 1 atom stereocenters. The van der Waals surface area contributed by atoms with E-state index in [-0.39, 0.29) is 5.92 Å². The van der Waals surface area contributed by atoms with Gasteiger partial charge in [0.15, 0.2) is 0 Å². The summed E-state index contributed by atoms with van der Waals surface area (Å²) in [5.74, 6) is -1.01. The number of carbonyl (C=O) groups is 1. The van der Waals surface area contributed by atoms with E-state index in [1.807, 2.05) is 0 Å². The highest BCUT2D eigenvalue weighted by atomic mass is 16.4. The molecule has 0 spiro atoms. The maximum absolute atomic E-state index is 10.8. The molecule has 4 heteroatoms. The molecule has 2 rings (SSSR count). The number of allylic oxidation sites excluding steroid dienone is 1. The third-order valence-electron chi connectivity index (χ3n) is 2.47.